The second kappa shape index (κ2) is 3.63. The summed E-state index contributed by atoms with van der Waals surface area (Å²) in [6, 6.07) is 0. The van der Waals surface area contributed by atoms with E-state index in [9.17, 15) is 9.90 Å². The predicted molar refractivity (Wildman–Crippen MR) is 59.5 cm³/mol. The molecule has 3 rings (SSSR count). The molecule has 1 aliphatic carbocycles. The van der Waals surface area contributed by atoms with Crippen molar-refractivity contribution in [2.45, 2.75) is 44.7 Å². The molecule has 1 saturated carbocycles. The van der Waals surface area contributed by atoms with Crippen LogP contribution in [0.2, 0.25) is 0 Å². The standard InChI is InChI=1S/C12H16N2O2/c15-12(16)10-8-5-13-6-9(8)14-11(10)7-3-1-2-4-7/h7,13-14H,1-6H2,(H,15,16). The molecular formula is C12H16N2O2. The van der Waals surface area contributed by atoms with Crippen molar-refractivity contribution in [3.8, 4) is 0 Å². The van der Waals surface area contributed by atoms with Crippen LogP contribution in [0.25, 0.3) is 0 Å². The van der Waals surface area contributed by atoms with Crippen LogP contribution in [0, 0.1) is 0 Å². The number of carboxylic acid groups (broad SMARTS) is 1. The molecule has 0 saturated heterocycles. The van der Waals surface area contributed by atoms with E-state index in [1.54, 1.807) is 0 Å². The molecule has 0 atom stereocenters. The number of aromatic carboxylic acids is 1. The molecule has 0 bridgehead atoms. The Morgan fingerprint density at radius 2 is 2.00 bits per heavy atom. The Balaban J connectivity index is 2.06. The van der Waals surface area contributed by atoms with E-state index >= 15 is 0 Å². The fourth-order valence-corrected chi connectivity index (χ4v) is 3.04. The van der Waals surface area contributed by atoms with Crippen LogP contribution in [0.3, 0.4) is 0 Å². The number of hydrogen-bond donors (Lipinski definition) is 3. The van der Waals surface area contributed by atoms with Crippen LogP contribution in [-0.2, 0) is 13.1 Å². The topological polar surface area (TPSA) is 65.1 Å². The third kappa shape index (κ3) is 1.37. The van der Waals surface area contributed by atoms with Crippen LogP contribution in [0.1, 0.15) is 58.9 Å². The normalized spacial score (nSPS) is 20.2. The van der Waals surface area contributed by atoms with Crippen molar-refractivity contribution in [2.75, 3.05) is 0 Å². The lowest BCUT2D eigenvalue weighted by molar-refractivity contribution is 0.0694. The van der Waals surface area contributed by atoms with Crippen LogP contribution in [0.5, 0.6) is 0 Å². The molecule has 86 valence electrons. The van der Waals surface area contributed by atoms with Crippen molar-refractivity contribution >= 4 is 5.97 Å². The Morgan fingerprint density at radius 1 is 1.25 bits per heavy atom. The molecular weight excluding hydrogens is 204 g/mol. The summed E-state index contributed by atoms with van der Waals surface area (Å²) in [6.45, 7) is 1.47. The van der Waals surface area contributed by atoms with Crippen LogP contribution >= 0.6 is 0 Å². The summed E-state index contributed by atoms with van der Waals surface area (Å²) in [6.07, 6.45) is 4.72. The zero-order chi connectivity index (χ0) is 11.1. The van der Waals surface area contributed by atoms with Crippen molar-refractivity contribution < 1.29 is 9.90 Å². The summed E-state index contributed by atoms with van der Waals surface area (Å²) in [5.41, 5.74) is 3.59. The largest absolute Gasteiger partial charge is 0.478 e. The molecule has 0 aromatic carbocycles. The Kier molecular flexibility index (Phi) is 2.24. The van der Waals surface area contributed by atoms with Gasteiger partial charge in [0.05, 0.1) is 5.56 Å². The number of nitrogens with one attached hydrogen (secondary N) is 2. The Labute approximate surface area is 94.1 Å². The van der Waals surface area contributed by atoms with Crippen LogP contribution < -0.4 is 5.32 Å². The lowest BCUT2D eigenvalue weighted by Gasteiger charge is -2.09. The molecule has 1 fully saturated rings. The van der Waals surface area contributed by atoms with Gasteiger partial charge in [-0.1, -0.05) is 12.8 Å². The molecule has 1 aliphatic heterocycles. The molecule has 2 aliphatic rings. The van der Waals surface area contributed by atoms with Crippen LogP contribution in [0.15, 0.2) is 0 Å². The average Bonchev–Trinajstić information content (AvgIpc) is 2.92. The van der Waals surface area contributed by atoms with Gasteiger partial charge in [0.25, 0.3) is 0 Å². The smallest absolute Gasteiger partial charge is 0.337 e. The second-order valence-corrected chi connectivity index (χ2v) is 4.76. The lowest BCUT2D eigenvalue weighted by atomic mass is 9.98. The van der Waals surface area contributed by atoms with Crippen molar-refractivity contribution in [1.29, 1.82) is 0 Å². The van der Waals surface area contributed by atoms with Crippen molar-refractivity contribution in [2.24, 2.45) is 0 Å². The molecule has 2 heterocycles. The maximum Gasteiger partial charge on any atom is 0.337 e. The number of fused-ring (bicyclic) bond motifs is 1. The molecule has 0 unspecified atom stereocenters. The minimum absolute atomic E-state index is 0.441. The third-order valence-electron chi connectivity index (χ3n) is 3.80. The van der Waals surface area contributed by atoms with Gasteiger partial charge in [-0.25, -0.2) is 4.79 Å². The highest BCUT2D eigenvalue weighted by atomic mass is 16.4. The van der Waals surface area contributed by atoms with Gasteiger partial charge in [-0.2, -0.15) is 0 Å². The minimum Gasteiger partial charge on any atom is -0.478 e. The first kappa shape index (κ1) is 9.90. The van der Waals surface area contributed by atoms with E-state index in [0.29, 0.717) is 18.0 Å². The predicted octanol–water partition coefficient (Wildman–Crippen LogP) is 1.97. The average molecular weight is 220 g/mol. The van der Waals surface area contributed by atoms with Gasteiger partial charge >= 0.3 is 5.97 Å². The monoisotopic (exact) mass is 220 g/mol. The highest BCUT2D eigenvalue weighted by molar-refractivity contribution is 5.91. The molecule has 0 radical (unpaired) electrons. The Morgan fingerprint density at radius 3 is 2.69 bits per heavy atom. The Bertz CT molecular complexity index is 430. The third-order valence-corrected chi connectivity index (χ3v) is 3.80. The lowest BCUT2D eigenvalue weighted by Crippen LogP contribution is -2.10. The number of carboxylic acids is 1. The highest BCUT2D eigenvalue weighted by Crippen LogP contribution is 2.38. The number of aromatic amines is 1. The van der Waals surface area contributed by atoms with E-state index in [1.165, 1.54) is 12.8 Å². The van der Waals surface area contributed by atoms with E-state index in [2.05, 4.69) is 10.3 Å². The zero-order valence-corrected chi connectivity index (χ0v) is 9.18. The van der Waals surface area contributed by atoms with E-state index < -0.39 is 5.97 Å². The molecule has 0 spiro atoms. The summed E-state index contributed by atoms with van der Waals surface area (Å²) < 4.78 is 0. The van der Waals surface area contributed by atoms with Gasteiger partial charge in [-0.05, 0) is 18.8 Å². The first-order valence-electron chi connectivity index (χ1n) is 5.95. The van der Waals surface area contributed by atoms with Gasteiger partial charge in [-0.3, -0.25) is 0 Å². The molecule has 3 N–H and O–H groups in total. The number of aromatic nitrogens is 1. The van der Waals surface area contributed by atoms with Crippen molar-refractivity contribution in [3.05, 3.63) is 22.5 Å². The van der Waals surface area contributed by atoms with Crippen molar-refractivity contribution in [1.82, 2.24) is 10.3 Å². The molecule has 4 nitrogen and oxygen atoms in total. The summed E-state index contributed by atoms with van der Waals surface area (Å²) in [4.78, 5) is 14.7. The number of H-pyrrole nitrogens is 1. The minimum atomic E-state index is -0.775. The van der Waals surface area contributed by atoms with Crippen molar-refractivity contribution in [3.63, 3.8) is 0 Å². The van der Waals surface area contributed by atoms with E-state index in [-0.39, 0.29) is 0 Å². The quantitative estimate of drug-likeness (QED) is 0.714. The van der Waals surface area contributed by atoms with Gasteiger partial charge in [0.15, 0.2) is 0 Å². The summed E-state index contributed by atoms with van der Waals surface area (Å²) in [7, 11) is 0. The summed E-state index contributed by atoms with van der Waals surface area (Å²) in [5.74, 6) is -0.334. The molecule has 16 heavy (non-hydrogen) atoms. The van der Waals surface area contributed by atoms with E-state index in [4.69, 9.17) is 0 Å². The molecule has 4 heteroatoms. The second-order valence-electron chi connectivity index (χ2n) is 4.76. The van der Waals surface area contributed by atoms with Gasteiger partial charge in [-0.15, -0.1) is 0 Å². The molecule has 0 amide bonds. The fourth-order valence-electron chi connectivity index (χ4n) is 3.04. The van der Waals surface area contributed by atoms with E-state index in [0.717, 1.165) is 36.3 Å². The SMILES string of the molecule is O=C(O)c1c(C2CCCC2)[nH]c2c1CNC2. The van der Waals surface area contributed by atoms with E-state index in [1.807, 2.05) is 0 Å². The van der Waals surface area contributed by atoms with Gasteiger partial charge < -0.3 is 15.4 Å². The first-order chi connectivity index (χ1) is 7.77. The van der Waals surface area contributed by atoms with Gasteiger partial charge in [0.1, 0.15) is 0 Å². The highest BCUT2D eigenvalue weighted by Gasteiger charge is 2.30. The first-order valence-corrected chi connectivity index (χ1v) is 5.95. The molecule has 1 aromatic heterocycles. The number of carbonyl (C=O) groups is 1. The van der Waals surface area contributed by atoms with Gasteiger partial charge in [0.2, 0.25) is 0 Å². The van der Waals surface area contributed by atoms with Crippen LogP contribution in [-0.4, -0.2) is 16.1 Å². The maximum absolute atomic E-state index is 11.4. The Hall–Kier alpha value is -1.29. The fraction of sp³-hybridized carbons (Fsp3) is 0.583. The number of hydrogen-bond acceptors (Lipinski definition) is 2. The summed E-state index contributed by atoms with van der Waals surface area (Å²) >= 11 is 0. The van der Waals surface area contributed by atoms with Gasteiger partial charge in [0, 0.05) is 30.0 Å². The maximum atomic E-state index is 11.4. The summed E-state index contributed by atoms with van der Waals surface area (Å²) in [5, 5.41) is 12.5. The molecule has 1 aromatic rings. The zero-order valence-electron chi connectivity index (χ0n) is 9.18. The number of rotatable bonds is 2. The van der Waals surface area contributed by atoms with Crippen LogP contribution in [0.4, 0.5) is 0 Å².